The first kappa shape index (κ1) is 27.4. The lowest BCUT2D eigenvalue weighted by atomic mass is 9.92. The zero-order chi connectivity index (χ0) is 26.4. The van der Waals surface area contributed by atoms with Crippen LogP contribution in [0.1, 0.15) is 47.1 Å². The SMILES string of the molecule is CO/N=C(\Cl)CCC/C=C(\c1cc(C)c(OC)c(/C(Cl)=N/OC)c1)c1cc(C)c2oc(=O)n(C)c2c1. The minimum absolute atomic E-state index is 0.171. The number of unbranched alkanes of at least 4 members (excludes halogenated alkanes) is 1. The lowest BCUT2D eigenvalue weighted by molar-refractivity contribution is 0.213. The van der Waals surface area contributed by atoms with Crippen molar-refractivity contribution in [3.8, 4) is 5.75 Å². The summed E-state index contributed by atoms with van der Waals surface area (Å²) in [6.07, 6.45) is 4.18. The Morgan fingerprint density at radius 1 is 1.03 bits per heavy atom. The number of aryl methyl sites for hydroxylation is 3. The van der Waals surface area contributed by atoms with Crippen molar-refractivity contribution in [3.05, 3.63) is 68.7 Å². The van der Waals surface area contributed by atoms with Crippen molar-refractivity contribution in [3.63, 3.8) is 0 Å². The van der Waals surface area contributed by atoms with E-state index < -0.39 is 5.76 Å². The summed E-state index contributed by atoms with van der Waals surface area (Å²) >= 11 is 12.5. The van der Waals surface area contributed by atoms with Gasteiger partial charge in [-0.15, -0.1) is 0 Å². The van der Waals surface area contributed by atoms with Crippen LogP contribution in [0.15, 0.2) is 49.9 Å². The molecule has 0 unspecified atom stereocenters. The van der Waals surface area contributed by atoms with Gasteiger partial charge in [0.1, 0.15) is 25.1 Å². The van der Waals surface area contributed by atoms with Gasteiger partial charge >= 0.3 is 5.76 Å². The van der Waals surface area contributed by atoms with Crippen molar-refractivity contribution in [1.82, 2.24) is 4.57 Å². The number of methoxy groups -OCH3 is 1. The Morgan fingerprint density at radius 2 is 1.69 bits per heavy atom. The van der Waals surface area contributed by atoms with Crippen molar-refractivity contribution in [2.24, 2.45) is 17.4 Å². The molecular weight excluding hydrogens is 505 g/mol. The van der Waals surface area contributed by atoms with E-state index in [0.29, 0.717) is 40.4 Å². The Labute approximate surface area is 219 Å². The number of ether oxygens (including phenoxy) is 1. The molecule has 10 heteroatoms. The summed E-state index contributed by atoms with van der Waals surface area (Å²) in [7, 11) is 6.17. The van der Waals surface area contributed by atoms with Gasteiger partial charge in [-0.2, -0.15) is 0 Å². The largest absolute Gasteiger partial charge is 0.496 e. The highest BCUT2D eigenvalue weighted by Gasteiger charge is 2.18. The van der Waals surface area contributed by atoms with Crippen LogP contribution in [-0.2, 0) is 16.7 Å². The molecule has 3 aromatic rings. The molecule has 0 aliphatic heterocycles. The van der Waals surface area contributed by atoms with Gasteiger partial charge in [-0.05, 0) is 78.8 Å². The fourth-order valence-electron chi connectivity index (χ4n) is 4.07. The second kappa shape index (κ2) is 12.1. The van der Waals surface area contributed by atoms with Crippen LogP contribution >= 0.6 is 23.2 Å². The van der Waals surface area contributed by atoms with Crippen molar-refractivity contribution in [1.29, 1.82) is 0 Å². The van der Waals surface area contributed by atoms with Crippen LogP contribution in [0.4, 0.5) is 0 Å². The summed E-state index contributed by atoms with van der Waals surface area (Å²) in [4.78, 5) is 21.8. The highest BCUT2D eigenvalue weighted by molar-refractivity contribution is 6.69. The lowest BCUT2D eigenvalue weighted by Crippen LogP contribution is -2.08. The summed E-state index contributed by atoms with van der Waals surface area (Å²) < 4.78 is 12.5. The summed E-state index contributed by atoms with van der Waals surface area (Å²) in [5.41, 5.74) is 6.37. The van der Waals surface area contributed by atoms with Crippen molar-refractivity contribution in [2.45, 2.75) is 33.1 Å². The van der Waals surface area contributed by atoms with E-state index in [9.17, 15) is 4.79 Å². The highest BCUT2D eigenvalue weighted by Crippen LogP contribution is 2.34. The van der Waals surface area contributed by atoms with Crippen LogP contribution in [0, 0.1) is 13.8 Å². The predicted molar refractivity (Wildman–Crippen MR) is 145 cm³/mol. The number of benzene rings is 2. The normalized spacial score (nSPS) is 12.8. The number of oxazole rings is 1. The first-order chi connectivity index (χ1) is 17.2. The third kappa shape index (κ3) is 5.94. The molecule has 0 amide bonds. The maximum atomic E-state index is 12.2. The molecule has 8 nitrogen and oxygen atoms in total. The van der Waals surface area contributed by atoms with E-state index in [0.717, 1.165) is 34.2 Å². The van der Waals surface area contributed by atoms with Gasteiger partial charge in [0.25, 0.3) is 0 Å². The zero-order valence-corrected chi connectivity index (χ0v) is 22.7. The molecule has 1 heterocycles. The van der Waals surface area contributed by atoms with E-state index in [1.165, 1.54) is 18.8 Å². The predicted octanol–water partition coefficient (Wildman–Crippen LogP) is 6.10. The molecule has 36 heavy (non-hydrogen) atoms. The van der Waals surface area contributed by atoms with E-state index in [-0.39, 0.29) is 5.17 Å². The van der Waals surface area contributed by atoms with Crippen molar-refractivity contribution < 1.29 is 18.8 Å². The minimum Gasteiger partial charge on any atom is -0.496 e. The Balaban J connectivity index is 2.19. The molecule has 0 spiro atoms. The Kier molecular flexibility index (Phi) is 9.23. The Bertz CT molecular complexity index is 1400. The van der Waals surface area contributed by atoms with E-state index in [1.54, 1.807) is 14.2 Å². The molecule has 0 N–H and O–H groups in total. The van der Waals surface area contributed by atoms with Crippen LogP contribution in [0.5, 0.6) is 5.75 Å². The van der Waals surface area contributed by atoms with E-state index >= 15 is 0 Å². The summed E-state index contributed by atoms with van der Waals surface area (Å²) in [5, 5.41) is 8.23. The molecule has 2 aromatic carbocycles. The number of nitrogens with zero attached hydrogens (tertiary/aromatic N) is 3. The summed E-state index contributed by atoms with van der Waals surface area (Å²) in [6.45, 7) is 3.86. The quantitative estimate of drug-likeness (QED) is 0.178. The number of allylic oxidation sites excluding steroid dienone is 1. The first-order valence-electron chi connectivity index (χ1n) is 11.2. The fourth-order valence-corrected chi connectivity index (χ4v) is 4.48. The molecule has 0 fully saturated rings. The molecule has 0 radical (unpaired) electrons. The average Bonchev–Trinajstić information content (AvgIpc) is 3.13. The van der Waals surface area contributed by atoms with Gasteiger partial charge in [-0.1, -0.05) is 39.6 Å². The van der Waals surface area contributed by atoms with E-state index in [4.69, 9.17) is 42.0 Å². The van der Waals surface area contributed by atoms with Crippen LogP contribution < -0.4 is 10.5 Å². The van der Waals surface area contributed by atoms with Gasteiger partial charge in [0.15, 0.2) is 10.8 Å². The molecule has 0 aliphatic carbocycles. The van der Waals surface area contributed by atoms with Crippen LogP contribution in [0.25, 0.3) is 16.7 Å². The zero-order valence-electron chi connectivity index (χ0n) is 21.1. The summed E-state index contributed by atoms with van der Waals surface area (Å²) in [5.74, 6) is 0.198. The number of hydrogen-bond donors (Lipinski definition) is 0. The topological polar surface area (TPSA) is 87.6 Å². The lowest BCUT2D eigenvalue weighted by Gasteiger charge is -2.16. The molecule has 3 rings (SSSR count). The molecule has 0 saturated heterocycles. The molecular formula is C26H29Cl2N3O5. The molecule has 0 bridgehead atoms. The van der Waals surface area contributed by atoms with Gasteiger partial charge in [-0.25, -0.2) is 4.79 Å². The Morgan fingerprint density at radius 3 is 2.36 bits per heavy atom. The third-order valence-electron chi connectivity index (χ3n) is 5.70. The van der Waals surface area contributed by atoms with Gasteiger partial charge < -0.3 is 18.8 Å². The number of rotatable bonds is 10. The van der Waals surface area contributed by atoms with Crippen molar-refractivity contribution in [2.75, 3.05) is 21.3 Å². The number of halogens is 2. The number of aromatic nitrogens is 1. The second-order valence-corrected chi connectivity index (χ2v) is 8.96. The molecule has 1 aromatic heterocycles. The van der Waals surface area contributed by atoms with Crippen LogP contribution in [-0.4, -0.2) is 36.2 Å². The monoisotopic (exact) mass is 533 g/mol. The van der Waals surface area contributed by atoms with Crippen molar-refractivity contribution >= 4 is 50.2 Å². The first-order valence-corrected chi connectivity index (χ1v) is 12.0. The summed E-state index contributed by atoms with van der Waals surface area (Å²) in [6, 6.07) is 7.89. The second-order valence-electron chi connectivity index (χ2n) is 8.17. The molecule has 0 atom stereocenters. The van der Waals surface area contributed by atoms with Crippen LogP contribution in [0.3, 0.4) is 0 Å². The smallest absolute Gasteiger partial charge is 0.419 e. The maximum absolute atomic E-state index is 12.2. The highest BCUT2D eigenvalue weighted by atomic mass is 35.5. The van der Waals surface area contributed by atoms with Gasteiger partial charge in [0.05, 0.1) is 18.2 Å². The number of fused-ring (bicyclic) bond motifs is 1. The Hall–Kier alpha value is -3.23. The van der Waals surface area contributed by atoms with Crippen LogP contribution in [0.2, 0.25) is 0 Å². The van der Waals surface area contributed by atoms with E-state index in [1.807, 2.05) is 38.1 Å². The van der Waals surface area contributed by atoms with Gasteiger partial charge in [0.2, 0.25) is 0 Å². The molecule has 192 valence electrons. The molecule has 0 aliphatic rings. The maximum Gasteiger partial charge on any atom is 0.419 e. The van der Waals surface area contributed by atoms with Gasteiger partial charge in [0, 0.05) is 13.5 Å². The number of hydrogen-bond acceptors (Lipinski definition) is 7. The van der Waals surface area contributed by atoms with Gasteiger partial charge in [-0.3, -0.25) is 4.57 Å². The number of oxime groups is 2. The molecule has 0 saturated carbocycles. The third-order valence-corrected chi connectivity index (χ3v) is 6.23. The fraction of sp³-hybridized carbons (Fsp3) is 0.346. The minimum atomic E-state index is -0.409. The average molecular weight is 534 g/mol. The standard InChI is InChI=1S/C26H29Cl2N3O5/c1-15-11-17(13-20(23(15)33-4)25(28)30-35-6)19(9-7-8-10-22(27)29-34-5)18-12-16(2)24-21(14-18)31(3)26(32)36-24/h9,11-14H,7-8,10H2,1-6H3/b19-9+,29-22-,30-25-. The van der Waals surface area contributed by atoms with E-state index in [2.05, 4.69) is 16.4 Å².